The van der Waals surface area contributed by atoms with Crippen LogP contribution in [0.3, 0.4) is 0 Å². The predicted octanol–water partition coefficient (Wildman–Crippen LogP) is 6.59. The first kappa shape index (κ1) is 22.6. The van der Waals surface area contributed by atoms with Gasteiger partial charge in [-0.3, -0.25) is 0 Å². The van der Waals surface area contributed by atoms with Gasteiger partial charge in [0.2, 0.25) is 0 Å². The number of hydrogen-bond donors (Lipinski definition) is 1. The Bertz CT molecular complexity index is 826. The highest BCUT2D eigenvalue weighted by atomic mass is 35.5. The topological polar surface area (TPSA) is 35.8 Å². The van der Waals surface area contributed by atoms with Crippen molar-refractivity contribution in [3.63, 3.8) is 0 Å². The molecule has 1 saturated heterocycles. The minimum atomic E-state index is -0.391. The molecular formula is C22H24Cl2F2N2. The fraction of sp³-hybridized carbons (Fsp3) is 0.409. The Hall–Kier alpha value is -1.67. The number of nitriles is 1. The van der Waals surface area contributed by atoms with Gasteiger partial charge in [-0.1, -0.05) is 62.2 Å². The summed E-state index contributed by atoms with van der Waals surface area (Å²) in [5.74, 6) is -1.04. The van der Waals surface area contributed by atoms with Crippen molar-refractivity contribution in [1.29, 1.82) is 5.26 Å². The van der Waals surface area contributed by atoms with Crippen LogP contribution in [0.5, 0.6) is 0 Å². The molecule has 1 N–H and O–H groups in total. The molecule has 3 unspecified atom stereocenters. The Balaban J connectivity index is 0.000000292. The van der Waals surface area contributed by atoms with E-state index < -0.39 is 5.82 Å². The van der Waals surface area contributed by atoms with E-state index in [0.29, 0.717) is 17.1 Å². The molecule has 0 aliphatic carbocycles. The molecular weight excluding hydrogens is 401 g/mol. The van der Waals surface area contributed by atoms with E-state index in [0.717, 1.165) is 6.42 Å². The first-order valence-electron chi connectivity index (χ1n) is 9.10. The average Bonchev–Trinajstić information content (AvgIpc) is 2.98. The van der Waals surface area contributed by atoms with Crippen LogP contribution in [0.25, 0.3) is 0 Å². The Morgan fingerprint density at radius 2 is 1.82 bits per heavy atom. The molecule has 0 saturated carbocycles. The van der Waals surface area contributed by atoms with Gasteiger partial charge in [0, 0.05) is 23.5 Å². The summed E-state index contributed by atoms with van der Waals surface area (Å²) in [5.41, 5.74) is 0.683. The summed E-state index contributed by atoms with van der Waals surface area (Å²) >= 11 is 11.3. The lowest BCUT2D eigenvalue weighted by molar-refractivity contribution is 0.304. The van der Waals surface area contributed by atoms with E-state index in [4.69, 9.17) is 23.2 Å². The molecule has 0 aromatic heterocycles. The number of rotatable bonds is 2. The Labute approximate surface area is 175 Å². The van der Waals surface area contributed by atoms with Gasteiger partial charge in [-0.05, 0) is 41.7 Å². The molecule has 1 heterocycles. The van der Waals surface area contributed by atoms with E-state index in [9.17, 15) is 14.0 Å². The van der Waals surface area contributed by atoms with Crippen LogP contribution in [-0.4, -0.2) is 12.6 Å². The second-order valence-electron chi connectivity index (χ2n) is 8.12. The Kier molecular flexibility index (Phi) is 7.83. The minimum absolute atomic E-state index is 0.100. The maximum atomic E-state index is 14.2. The van der Waals surface area contributed by atoms with Crippen LogP contribution >= 0.6 is 23.2 Å². The molecule has 3 rings (SSSR count). The number of halogens is 4. The number of benzene rings is 2. The van der Waals surface area contributed by atoms with E-state index >= 15 is 0 Å². The molecule has 0 amide bonds. The standard InChI is InChI=1S/C16H20ClFN2.C6H4ClF/c1-16(2,3)7-14-11(8-19)12(9-20-14)10-5-4-6-13(17)15(10)18;7-5-2-1-3-6(8)4-5/h4-6,11-12,14,20H,7,9H2,1-3H3;1-4H. The first-order chi connectivity index (χ1) is 13.1. The molecule has 0 spiro atoms. The van der Waals surface area contributed by atoms with E-state index in [1.54, 1.807) is 24.3 Å². The highest BCUT2D eigenvalue weighted by molar-refractivity contribution is 6.31. The quantitative estimate of drug-likeness (QED) is 0.589. The SMILES string of the molecule is CC(C)(C)CC1NCC(c2cccc(Cl)c2F)C1C#N.Fc1cccc(Cl)c1. The smallest absolute Gasteiger partial charge is 0.145 e. The number of nitrogens with one attached hydrogen (secondary N) is 1. The molecule has 1 aliphatic rings. The van der Waals surface area contributed by atoms with Crippen molar-refractivity contribution in [1.82, 2.24) is 5.32 Å². The van der Waals surface area contributed by atoms with Gasteiger partial charge in [-0.25, -0.2) is 8.78 Å². The second-order valence-corrected chi connectivity index (χ2v) is 8.97. The van der Waals surface area contributed by atoms with E-state index in [2.05, 4.69) is 32.2 Å². The van der Waals surface area contributed by atoms with Gasteiger partial charge >= 0.3 is 0 Å². The summed E-state index contributed by atoms with van der Waals surface area (Å²) < 4.78 is 26.2. The van der Waals surface area contributed by atoms with Gasteiger partial charge in [0.1, 0.15) is 11.6 Å². The Morgan fingerprint density at radius 3 is 2.36 bits per heavy atom. The van der Waals surface area contributed by atoms with Crippen LogP contribution in [-0.2, 0) is 0 Å². The monoisotopic (exact) mass is 424 g/mol. The van der Waals surface area contributed by atoms with Gasteiger partial charge in [0.15, 0.2) is 0 Å². The summed E-state index contributed by atoms with van der Waals surface area (Å²) in [6, 6.07) is 13.3. The van der Waals surface area contributed by atoms with Crippen LogP contribution in [0.15, 0.2) is 42.5 Å². The molecule has 6 heteroatoms. The third-order valence-corrected chi connectivity index (χ3v) is 5.14. The largest absolute Gasteiger partial charge is 0.312 e. The average molecular weight is 425 g/mol. The summed E-state index contributed by atoms with van der Waals surface area (Å²) in [5, 5.41) is 13.4. The molecule has 1 fully saturated rings. The zero-order chi connectivity index (χ0) is 20.9. The maximum Gasteiger partial charge on any atom is 0.145 e. The van der Waals surface area contributed by atoms with Crippen LogP contribution < -0.4 is 5.32 Å². The highest BCUT2D eigenvalue weighted by Crippen LogP contribution is 2.38. The van der Waals surface area contributed by atoms with Crippen LogP contribution in [0, 0.1) is 34.3 Å². The fourth-order valence-corrected chi connectivity index (χ4v) is 3.78. The summed E-state index contributed by atoms with van der Waals surface area (Å²) in [4.78, 5) is 0. The van der Waals surface area contributed by atoms with Crippen molar-refractivity contribution in [2.45, 2.75) is 39.2 Å². The normalized spacial score (nSPS) is 21.6. The highest BCUT2D eigenvalue weighted by Gasteiger charge is 2.39. The Morgan fingerprint density at radius 1 is 1.14 bits per heavy atom. The van der Waals surface area contributed by atoms with Gasteiger partial charge < -0.3 is 5.32 Å². The van der Waals surface area contributed by atoms with E-state index in [-0.39, 0.29) is 34.1 Å². The molecule has 0 radical (unpaired) electrons. The van der Waals surface area contributed by atoms with Crippen LogP contribution in [0.2, 0.25) is 10.0 Å². The third kappa shape index (κ3) is 6.17. The zero-order valence-corrected chi connectivity index (χ0v) is 17.7. The van der Waals surface area contributed by atoms with Crippen LogP contribution in [0.4, 0.5) is 8.78 Å². The molecule has 3 atom stereocenters. The van der Waals surface area contributed by atoms with E-state index in [1.165, 1.54) is 18.2 Å². The zero-order valence-electron chi connectivity index (χ0n) is 16.1. The molecule has 1 aliphatic heterocycles. The summed E-state index contributed by atoms with van der Waals surface area (Å²) in [6.45, 7) is 7.07. The molecule has 2 aromatic rings. The van der Waals surface area contributed by atoms with Crippen molar-refractivity contribution in [2.24, 2.45) is 11.3 Å². The lowest BCUT2D eigenvalue weighted by Gasteiger charge is -2.26. The van der Waals surface area contributed by atoms with Gasteiger partial charge in [0.05, 0.1) is 17.0 Å². The fourth-order valence-electron chi connectivity index (χ4n) is 3.42. The molecule has 2 aromatic carbocycles. The van der Waals surface area contributed by atoms with Gasteiger partial charge in [-0.2, -0.15) is 5.26 Å². The van der Waals surface area contributed by atoms with Crippen LogP contribution in [0.1, 0.15) is 38.7 Å². The van der Waals surface area contributed by atoms with Crippen molar-refractivity contribution in [3.8, 4) is 6.07 Å². The lowest BCUT2D eigenvalue weighted by Crippen LogP contribution is -2.31. The number of hydrogen-bond acceptors (Lipinski definition) is 2. The van der Waals surface area contributed by atoms with Gasteiger partial charge in [-0.15, -0.1) is 0 Å². The third-order valence-electron chi connectivity index (χ3n) is 4.62. The summed E-state index contributed by atoms with van der Waals surface area (Å²) in [7, 11) is 0. The first-order valence-corrected chi connectivity index (χ1v) is 9.86. The van der Waals surface area contributed by atoms with E-state index in [1.807, 2.05) is 0 Å². The minimum Gasteiger partial charge on any atom is -0.312 e. The lowest BCUT2D eigenvalue weighted by atomic mass is 9.79. The second kappa shape index (κ2) is 9.69. The van der Waals surface area contributed by atoms with Gasteiger partial charge in [0.25, 0.3) is 0 Å². The summed E-state index contributed by atoms with van der Waals surface area (Å²) in [6.07, 6.45) is 0.893. The molecule has 28 heavy (non-hydrogen) atoms. The maximum absolute atomic E-state index is 14.2. The van der Waals surface area contributed by atoms with Crippen molar-refractivity contribution in [3.05, 3.63) is 69.7 Å². The molecule has 0 bridgehead atoms. The predicted molar refractivity (Wildman–Crippen MR) is 111 cm³/mol. The molecule has 2 nitrogen and oxygen atoms in total. The number of nitrogens with zero attached hydrogens (tertiary/aromatic N) is 1. The van der Waals surface area contributed by atoms with Crippen molar-refractivity contribution in [2.75, 3.05) is 6.54 Å². The van der Waals surface area contributed by atoms with Crippen molar-refractivity contribution < 1.29 is 8.78 Å². The van der Waals surface area contributed by atoms with Crippen molar-refractivity contribution >= 4 is 23.2 Å². The molecule has 150 valence electrons.